The number of rotatable bonds is 5. The van der Waals surface area contributed by atoms with Crippen LogP contribution in [0.15, 0.2) is 23.0 Å². The molecule has 1 aliphatic heterocycles. The highest BCUT2D eigenvalue weighted by atomic mass is 35.5. The molecule has 1 aromatic heterocycles. The van der Waals surface area contributed by atoms with E-state index in [1.54, 1.807) is 0 Å². The number of benzene rings is 1. The first-order chi connectivity index (χ1) is 13.2. The Balaban J connectivity index is 0.00000225. The zero-order valence-corrected chi connectivity index (χ0v) is 17.4. The molecule has 6 nitrogen and oxygen atoms in total. The van der Waals surface area contributed by atoms with Gasteiger partial charge in [-0.1, -0.05) is 12.8 Å². The van der Waals surface area contributed by atoms with Crippen LogP contribution in [0.1, 0.15) is 61.3 Å². The second kappa shape index (κ2) is 9.14. The normalized spacial score (nSPS) is 18.5. The second-order valence-electron chi connectivity index (χ2n) is 8.10. The van der Waals surface area contributed by atoms with E-state index in [2.05, 4.69) is 10.3 Å². The van der Waals surface area contributed by atoms with E-state index in [0.717, 1.165) is 56.4 Å². The minimum Gasteiger partial charge on any atom is -0.339 e. The number of aromatic nitrogens is 2. The lowest BCUT2D eigenvalue weighted by molar-refractivity contribution is 0.0687. The lowest BCUT2D eigenvalue weighted by Crippen LogP contribution is -2.38. The molecule has 2 N–H and O–H groups in total. The summed E-state index contributed by atoms with van der Waals surface area (Å²) in [6, 6.07) is 5.98. The molecule has 1 amide bonds. The highest BCUT2D eigenvalue weighted by Gasteiger charge is 2.25. The van der Waals surface area contributed by atoms with Crippen LogP contribution in [0, 0.1) is 5.92 Å². The molecule has 2 heterocycles. The van der Waals surface area contributed by atoms with Crippen LogP contribution in [0.4, 0.5) is 0 Å². The van der Waals surface area contributed by atoms with Crippen LogP contribution in [-0.4, -0.2) is 47.0 Å². The number of piperidine rings is 1. The number of hydrogen-bond acceptors (Lipinski definition) is 3. The maximum atomic E-state index is 12.9. The fraction of sp³-hybridized carbons (Fsp3) is 0.619. The molecule has 1 saturated heterocycles. The largest absolute Gasteiger partial charge is 0.339 e. The molecule has 2 fully saturated rings. The number of halogens is 1. The van der Waals surface area contributed by atoms with E-state index in [-0.39, 0.29) is 24.0 Å². The molecule has 2 aromatic rings. The van der Waals surface area contributed by atoms with Gasteiger partial charge in [-0.2, -0.15) is 0 Å². The Kier molecular flexibility index (Phi) is 6.83. The van der Waals surface area contributed by atoms with Crippen LogP contribution in [0.25, 0.3) is 11.0 Å². The van der Waals surface area contributed by atoms with Crippen LogP contribution < -0.4 is 11.0 Å². The Labute approximate surface area is 172 Å². The lowest BCUT2D eigenvalue weighted by atomic mass is 9.93. The van der Waals surface area contributed by atoms with Crippen LogP contribution >= 0.6 is 12.4 Å². The summed E-state index contributed by atoms with van der Waals surface area (Å²) >= 11 is 0. The van der Waals surface area contributed by atoms with Crippen LogP contribution in [0.3, 0.4) is 0 Å². The number of nitrogens with zero attached hydrogens (tertiary/aromatic N) is 2. The first-order valence-corrected chi connectivity index (χ1v) is 10.4. The summed E-state index contributed by atoms with van der Waals surface area (Å²) in [7, 11) is 1.99. The summed E-state index contributed by atoms with van der Waals surface area (Å²) in [6.45, 7) is 2.69. The molecule has 28 heavy (non-hydrogen) atoms. The first kappa shape index (κ1) is 20.9. The summed E-state index contributed by atoms with van der Waals surface area (Å²) in [5.74, 6) is 0.791. The van der Waals surface area contributed by atoms with Gasteiger partial charge in [0.05, 0.1) is 11.0 Å². The zero-order chi connectivity index (χ0) is 18.8. The fourth-order valence-corrected chi connectivity index (χ4v) is 4.74. The predicted octanol–water partition coefficient (Wildman–Crippen LogP) is 3.33. The molecule has 1 aromatic carbocycles. The average molecular weight is 407 g/mol. The van der Waals surface area contributed by atoms with E-state index in [1.807, 2.05) is 34.7 Å². The zero-order valence-electron chi connectivity index (χ0n) is 16.6. The molecule has 0 atom stereocenters. The van der Waals surface area contributed by atoms with Crippen molar-refractivity contribution in [2.24, 2.45) is 5.92 Å². The van der Waals surface area contributed by atoms with Gasteiger partial charge in [0.2, 0.25) is 0 Å². The summed E-state index contributed by atoms with van der Waals surface area (Å²) in [6.07, 6.45) is 7.83. The van der Waals surface area contributed by atoms with Gasteiger partial charge in [0, 0.05) is 24.7 Å². The minimum absolute atomic E-state index is 0. The van der Waals surface area contributed by atoms with Crippen LogP contribution in [0.2, 0.25) is 0 Å². The maximum Gasteiger partial charge on any atom is 0.326 e. The van der Waals surface area contributed by atoms with Gasteiger partial charge in [0.25, 0.3) is 5.91 Å². The standard InChI is InChI=1S/C21H30N4O2.ClH/c1-22-11-8-15-9-12-24(13-10-15)20(26)16-6-7-19-18(14-16)23-21(27)25(19)17-4-2-3-5-17;/h6-7,14-15,17,22H,2-5,8-13H2,1H3,(H,23,27);1H. The lowest BCUT2D eigenvalue weighted by Gasteiger charge is -2.32. The number of H-pyrrole nitrogens is 1. The summed E-state index contributed by atoms with van der Waals surface area (Å²) in [4.78, 5) is 30.3. The number of carbonyl (C=O) groups excluding carboxylic acids is 1. The average Bonchev–Trinajstić information content (AvgIpc) is 3.32. The van der Waals surface area contributed by atoms with Crippen molar-refractivity contribution in [3.05, 3.63) is 34.2 Å². The Morgan fingerprint density at radius 2 is 1.89 bits per heavy atom. The number of likely N-dealkylation sites (tertiary alicyclic amines) is 1. The van der Waals surface area contributed by atoms with Crippen molar-refractivity contribution >= 4 is 29.3 Å². The SMILES string of the molecule is CNCCC1CCN(C(=O)c2ccc3c(c2)[nH]c(=O)n3C2CCCC2)CC1.Cl. The first-order valence-electron chi connectivity index (χ1n) is 10.4. The monoisotopic (exact) mass is 406 g/mol. The Bertz CT molecular complexity index is 861. The topological polar surface area (TPSA) is 70.1 Å². The van der Waals surface area contributed by atoms with E-state index in [4.69, 9.17) is 0 Å². The van der Waals surface area contributed by atoms with Gasteiger partial charge in [0.1, 0.15) is 0 Å². The number of amides is 1. The van der Waals surface area contributed by atoms with Gasteiger partial charge in [-0.05, 0) is 69.8 Å². The highest BCUT2D eigenvalue weighted by molar-refractivity contribution is 5.97. The molecular weight excluding hydrogens is 376 g/mol. The van der Waals surface area contributed by atoms with Crippen LogP contribution in [0.5, 0.6) is 0 Å². The molecular formula is C21H31ClN4O2. The molecule has 1 saturated carbocycles. The third-order valence-electron chi connectivity index (χ3n) is 6.36. The molecule has 0 bridgehead atoms. The van der Waals surface area contributed by atoms with E-state index in [0.29, 0.717) is 17.5 Å². The summed E-state index contributed by atoms with van der Waals surface area (Å²) in [5.41, 5.74) is 2.33. The van der Waals surface area contributed by atoms with Crippen molar-refractivity contribution in [1.29, 1.82) is 0 Å². The molecule has 0 spiro atoms. The second-order valence-corrected chi connectivity index (χ2v) is 8.10. The Morgan fingerprint density at radius 3 is 2.57 bits per heavy atom. The van der Waals surface area contributed by atoms with Gasteiger partial charge >= 0.3 is 5.69 Å². The van der Waals surface area contributed by atoms with Crippen molar-refractivity contribution < 1.29 is 4.79 Å². The number of hydrogen-bond donors (Lipinski definition) is 2. The fourth-order valence-electron chi connectivity index (χ4n) is 4.74. The Morgan fingerprint density at radius 1 is 1.18 bits per heavy atom. The summed E-state index contributed by atoms with van der Waals surface area (Å²) in [5, 5.41) is 3.21. The number of aromatic amines is 1. The molecule has 7 heteroatoms. The van der Waals surface area contributed by atoms with Gasteiger partial charge in [-0.25, -0.2) is 4.79 Å². The molecule has 0 radical (unpaired) electrons. The maximum absolute atomic E-state index is 12.9. The van der Waals surface area contributed by atoms with Gasteiger partial charge in [0.15, 0.2) is 0 Å². The Hall–Kier alpha value is -1.79. The number of nitrogens with one attached hydrogen (secondary N) is 2. The van der Waals surface area contributed by atoms with Gasteiger partial charge in [-0.15, -0.1) is 12.4 Å². The third kappa shape index (κ3) is 4.13. The molecule has 4 rings (SSSR count). The van der Waals surface area contributed by atoms with Crippen molar-refractivity contribution in [3.63, 3.8) is 0 Å². The quantitative estimate of drug-likeness (QED) is 0.800. The highest BCUT2D eigenvalue weighted by Crippen LogP contribution is 2.31. The van der Waals surface area contributed by atoms with Crippen molar-refractivity contribution in [2.75, 3.05) is 26.7 Å². The predicted molar refractivity (Wildman–Crippen MR) is 114 cm³/mol. The van der Waals surface area contributed by atoms with Crippen molar-refractivity contribution in [3.8, 4) is 0 Å². The minimum atomic E-state index is -0.0492. The number of carbonyl (C=O) groups is 1. The van der Waals surface area contributed by atoms with Crippen LogP contribution in [-0.2, 0) is 0 Å². The molecule has 2 aliphatic rings. The summed E-state index contributed by atoms with van der Waals surface area (Å²) < 4.78 is 1.89. The van der Waals surface area contributed by atoms with Gasteiger partial charge < -0.3 is 15.2 Å². The van der Waals surface area contributed by atoms with Crippen molar-refractivity contribution in [2.45, 2.75) is 51.0 Å². The number of fused-ring (bicyclic) bond motifs is 1. The van der Waals surface area contributed by atoms with Crippen molar-refractivity contribution in [1.82, 2.24) is 19.8 Å². The van der Waals surface area contributed by atoms with Gasteiger partial charge in [-0.3, -0.25) is 9.36 Å². The number of imidazole rings is 1. The van der Waals surface area contributed by atoms with E-state index >= 15 is 0 Å². The smallest absolute Gasteiger partial charge is 0.326 e. The van der Waals surface area contributed by atoms with E-state index < -0.39 is 0 Å². The van der Waals surface area contributed by atoms with E-state index in [1.165, 1.54) is 19.3 Å². The molecule has 0 unspecified atom stereocenters. The van der Waals surface area contributed by atoms with E-state index in [9.17, 15) is 9.59 Å². The molecule has 1 aliphatic carbocycles. The molecule has 154 valence electrons. The third-order valence-corrected chi connectivity index (χ3v) is 6.36.